The third-order valence-electron chi connectivity index (χ3n) is 4.55. The zero-order valence-corrected chi connectivity index (χ0v) is 16.2. The van der Waals surface area contributed by atoms with E-state index in [1.54, 1.807) is 9.80 Å². The molecule has 2 aromatic rings. The van der Waals surface area contributed by atoms with Gasteiger partial charge in [-0.1, -0.05) is 29.8 Å². The number of carbonyl (C=O) groups is 2. The monoisotopic (exact) mass is 391 g/mol. The van der Waals surface area contributed by atoms with Crippen LogP contribution in [-0.4, -0.2) is 41.9 Å². The van der Waals surface area contributed by atoms with E-state index in [0.717, 1.165) is 14.9 Å². The Kier molecular flexibility index (Phi) is 6.16. The van der Waals surface area contributed by atoms with E-state index < -0.39 is 0 Å². The molecule has 1 N–H and O–H groups in total. The Labute approximate surface area is 162 Å². The van der Waals surface area contributed by atoms with Gasteiger partial charge in [0.1, 0.15) is 0 Å². The quantitative estimate of drug-likeness (QED) is 0.844. The predicted octanol–water partition coefficient (Wildman–Crippen LogP) is 4.30. The first kappa shape index (κ1) is 18.7. The molecule has 1 aliphatic rings. The Morgan fingerprint density at radius 1 is 1.19 bits per heavy atom. The molecule has 0 bridgehead atoms. The van der Waals surface area contributed by atoms with Gasteiger partial charge in [-0.2, -0.15) is 0 Å². The van der Waals surface area contributed by atoms with Crippen LogP contribution >= 0.6 is 22.9 Å². The van der Waals surface area contributed by atoms with Gasteiger partial charge in [-0.3, -0.25) is 4.79 Å². The standard InChI is InChI=1S/C19H22ClN3O2S/c1-22(13-16-7-8-17(20)26-16)18(24)14-9-11-23(12-10-14)19(25)21-15-5-3-2-4-6-15/h2-8,14H,9-13H2,1H3,(H,21,25). The summed E-state index contributed by atoms with van der Waals surface area (Å²) in [5.41, 5.74) is 0.782. The van der Waals surface area contributed by atoms with Crippen molar-refractivity contribution in [1.82, 2.24) is 9.80 Å². The van der Waals surface area contributed by atoms with E-state index in [9.17, 15) is 9.59 Å². The number of nitrogens with one attached hydrogen (secondary N) is 1. The van der Waals surface area contributed by atoms with Crippen molar-refractivity contribution in [2.75, 3.05) is 25.5 Å². The molecular formula is C19H22ClN3O2S. The summed E-state index contributed by atoms with van der Waals surface area (Å²) in [6, 6.07) is 13.1. The van der Waals surface area contributed by atoms with E-state index in [0.29, 0.717) is 32.5 Å². The molecule has 0 saturated carbocycles. The number of halogens is 1. The first-order valence-corrected chi connectivity index (χ1v) is 9.82. The molecule has 0 unspecified atom stereocenters. The predicted molar refractivity (Wildman–Crippen MR) is 106 cm³/mol. The molecule has 3 amide bonds. The van der Waals surface area contributed by atoms with Crippen molar-refractivity contribution >= 4 is 40.6 Å². The van der Waals surface area contributed by atoms with Crippen LogP contribution in [-0.2, 0) is 11.3 Å². The second-order valence-corrected chi connectivity index (χ2v) is 8.26. The molecule has 2 heterocycles. The molecule has 3 rings (SSSR count). The number of piperidine rings is 1. The lowest BCUT2D eigenvalue weighted by Crippen LogP contribution is -2.44. The SMILES string of the molecule is CN(Cc1ccc(Cl)s1)C(=O)C1CCN(C(=O)Nc2ccccc2)CC1. The van der Waals surface area contributed by atoms with Gasteiger partial charge in [0.05, 0.1) is 10.9 Å². The lowest BCUT2D eigenvalue weighted by molar-refractivity contribution is -0.136. The summed E-state index contributed by atoms with van der Waals surface area (Å²) in [5.74, 6) is 0.105. The number of hydrogen-bond donors (Lipinski definition) is 1. The van der Waals surface area contributed by atoms with Crippen LogP contribution in [0.1, 0.15) is 17.7 Å². The summed E-state index contributed by atoms with van der Waals surface area (Å²) in [6.07, 6.45) is 1.38. The molecule has 7 heteroatoms. The number of nitrogens with zero attached hydrogens (tertiary/aromatic N) is 2. The molecule has 5 nitrogen and oxygen atoms in total. The first-order chi connectivity index (χ1) is 12.5. The summed E-state index contributed by atoms with van der Waals surface area (Å²) in [7, 11) is 1.82. The Balaban J connectivity index is 1.48. The van der Waals surface area contributed by atoms with Crippen LogP contribution in [0, 0.1) is 5.92 Å². The number of urea groups is 1. The zero-order chi connectivity index (χ0) is 18.5. The number of thiophene rings is 1. The Morgan fingerprint density at radius 3 is 2.50 bits per heavy atom. The average molecular weight is 392 g/mol. The molecule has 1 saturated heterocycles. The van der Waals surface area contributed by atoms with Crippen LogP contribution in [0.3, 0.4) is 0 Å². The average Bonchev–Trinajstić information content (AvgIpc) is 3.06. The normalized spacial score (nSPS) is 14.9. The number of anilines is 1. The molecule has 138 valence electrons. The minimum absolute atomic E-state index is 0.0313. The zero-order valence-electron chi connectivity index (χ0n) is 14.7. The van der Waals surface area contributed by atoms with Crippen molar-refractivity contribution in [2.45, 2.75) is 19.4 Å². The van der Waals surface area contributed by atoms with Crippen molar-refractivity contribution in [3.8, 4) is 0 Å². The van der Waals surface area contributed by atoms with Gasteiger partial charge in [0.2, 0.25) is 5.91 Å². The van der Waals surface area contributed by atoms with Crippen molar-refractivity contribution in [3.05, 3.63) is 51.7 Å². The third kappa shape index (κ3) is 4.77. The van der Waals surface area contributed by atoms with Crippen molar-refractivity contribution in [1.29, 1.82) is 0 Å². The highest BCUT2D eigenvalue weighted by atomic mass is 35.5. The molecule has 26 heavy (non-hydrogen) atoms. The second kappa shape index (κ2) is 8.56. The number of para-hydroxylation sites is 1. The van der Waals surface area contributed by atoms with E-state index in [-0.39, 0.29) is 17.9 Å². The van der Waals surface area contributed by atoms with Crippen LogP contribution in [0.4, 0.5) is 10.5 Å². The number of carbonyl (C=O) groups excluding carboxylic acids is 2. The van der Waals surface area contributed by atoms with E-state index in [1.165, 1.54) is 11.3 Å². The van der Waals surface area contributed by atoms with Crippen LogP contribution in [0.5, 0.6) is 0 Å². The molecule has 0 spiro atoms. The number of likely N-dealkylation sites (tertiary alicyclic amines) is 1. The molecule has 1 aromatic carbocycles. The highest BCUT2D eigenvalue weighted by molar-refractivity contribution is 7.16. The summed E-state index contributed by atoms with van der Waals surface area (Å²) in [5, 5.41) is 2.89. The highest BCUT2D eigenvalue weighted by Crippen LogP contribution is 2.25. The minimum atomic E-state index is -0.108. The number of benzene rings is 1. The molecule has 1 aromatic heterocycles. The molecule has 0 atom stereocenters. The summed E-state index contributed by atoms with van der Waals surface area (Å²) < 4.78 is 0.735. The fraction of sp³-hybridized carbons (Fsp3) is 0.368. The maximum Gasteiger partial charge on any atom is 0.321 e. The maximum absolute atomic E-state index is 12.7. The maximum atomic E-state index is 12.7. The number of amides is 3. The van der Waals surface area contributed by atoms with Gasteiger partial charge >= 0.3 is 6.03 Å². The van der Waals surface area contributed by atoms with Crippen LogP contribution in [0.25, 0.3) is 0 Å². The van der Waals surface area contributed by atoms with Gasteiger partial charge in [0, 0.05) is 36.6 Å². The summed E-state index contributed by atoms with van der Waals surface area (Å²) in [6.45, 7) is 1.76. The van der Waals surface area contributed by atoms with Gasteiger partial charge in [-0.15, -0.1) is 11.3 Å². The molecule has 0 radical (unpaired) electrons. The fourth-order valence-corrected chi connectivity index (χ4v) is 4.25. The van der Waals surface area contributed by atoms with Crippen molar-refractivity contribution in [2.24, 2.45) is 5.92 Å². The van der Waals surface area contributed by atoms with E-state index in [1.807, 2.05) is 49.5 Å². The summed E-state index contributed by atoms with van der Waals surface area (Å²) in [4.78, 5) is 29.6. The fourth-order valence-electron chi connectivity index (χ4n) is 3.11. The number of hydrogen-bond acceptors (Lipinski definition) is 3. The Morgan fingerprint density at radius 2 is 1.88 bits per heavy atom. The van der Waals surface area contributed by atoms with Crippen LogP contribution in [0.2, 0.25) is 4.34 Å². The minimum Gasteiger partial charge on any atom is -0.340 e. The second-order valence-electron chi connectivity index (χ2n) is 6.46. The van der Waals surface area contributed by atoms with Crippen LogP contribution in [0.15, 0.2) is 42.5 Å². The van der Waals surface area contributed by atoms with Crippen molar-refractivity contribution in [3.63, 3.8) is 0 Å². The molecule has 1 fully saturated rings. The largest absolute Gasteiger partial charge is 0.340 e. The van der Waals surface area contributed by atoms with Gasteiger partial charge in [-0.05, 0) is 37.1 Å². The molecule has 0 aliphatic carbocycles. The smallest absolute Gasteiger partial charge is 0.321 e. The van der Waals surface area contributed by atoms with E-state index in [2.05, 4.69) is 5.32 Å². The Hall–Kier alpha value is -2.05. The van der Waals surface area contributed by atoms with Crippen LogP contribution < -0.4 is 5.32 Å². The lowest BCUT2D eigenvalue weighted by Gasteiger charge is -2.33. The van der Waals surface area contributed by atoms with Gasteiger partial charge < -0.3 is 15.1 Å². The third-order valence-corrected chi connectivity index (χ3v) is 5.77. The van der Waals surface area contributed by atoms with Gasteiger partial charge in [-0.25, -0.2) is 4.79 Å². The number of rotatable bonds is 4. The Bertz CT molecular complexity index is 757. The lowest BCUT2D eigenvalue weighted by atomic mass is 9.95. The highest BCUT2D eigenvalue weighted by Gasteiger charge is 2.29. The van der Waals surface area contributed by atoms with Crippen molar-refractivity contribution < 1.29 is 9.59 Å². The van der Waals surface area contributed by atoms with E-state index in [4.69, 9.17) is 11.6 Å². The molecule has 1 aliphatic heterocycles. The summed E-state index contributed by atoms with van der Waals surface area (Å²) >= 11 is 7.44. The molecular weight excluding hydrogens is 370 g/mol. The topological polar surface area (TPSA) is 52.7 Å². The first-order valence-electron chi connectivity index (χ1n) is 8.63. The van der Waals surface area contributed by atoms with E-state index >= 15 is 0 Å². The van der Waals surface area contributed by atoms with Gasteiger partial charge in [0.15, 0.2) is 0 Å². The van der Waals surface area contributed by atoms with Gasteiger partial charge in [0.25, 0.3) is 0 Å².